The van der Waals surface area contributed by atoms with Gasteiger partial charge in [0.1, 0.15) is 5.82 Å². The maximum absolute atomic E-state index is 12.4. The second-order valence-electron chi connectivity index (χ2n) is 7.44. The third-order valence-corrected chi connectivity index (χ3v) is 5.62. The molecular formula is C19H30N4O. The molecule has 24 heavy (non-hydrogen) atoms. The first kappa shape index (κ1) is 17.2. The second kappa shape index (κ2) is 7.97. The van der Waals surface area contributed by atoms with Crippen LogP contribution in [0.25, 0.3) is 0 Å². The summed E-state index contributed by atoms with van der Waals surface area (Å²) >= 11 is 0. The van der Waals surface area contributed by atoms with Crippen molar-refractivity contribution in [3.8, 4) is 0 Å². The van der Waals surface area contributed by atoms with Crippen LogP contribution in [0, 0.1) is 5.41 Å². The summed E-state index contributed by atoms with van der Waals surface area (Å²) in [4.78, 5) is 19.2. The predicted octanol–water partition coefficient (Wildman–Crippen LogP) is 3.31. The van der Waals surface area contributed by atoms with Crippen LogP contribution in [-0.2, 0) is 4.79 Å². The molecular weight excluding hydrogens is 300 g/mol. The Morgan fingerprint density at radius 2 is 1.83 bits per heavy atom. The fourth-order valence-electron chi connectivity index (χ4n) is 4.08. The average molecular weight is 330 g/mol. The number of nitrogens with zero attached hydrogens (tertiary/aromatic N) is 2. The zero-order valence-electron chi connectivity index (χ0n) is 14.6. The van der Waals surface area contributed by atoms with Gasteiger partial charge in [0.15, 0.2) is 0 Å². The lowest BCUT2D eigenvalue weighted by Gasteiger charge is -2.35. The van der Waals surface area contributed by atoms with Crippen LogP contribution in [0.2, 0.25) is 0 Å². The number of pyridine rings is 1. The number of hydrogen-bond acceptors (Lipinski definition) is 4. The topological polar surface area (TPSA) is 71.2 Å². The molecule has 0 aromatic carbocycles. The van der Waals surface area contributed by atoms with E-state index >= 15 is 0 Å². The predicted molar refractivity (Wildman–Crippen MR) is 98.1 cm³/mol. The molecule has 1 aliphatic carbocycles. The third-order valence-electron chi connectivity index (χ3n) is 5.62. The van der Waals surface area contributed by atoms with Gasteiger partial charge in [-0.25, -0.2) is 4.98 Å². The van der Waals surface area contributed by atoms with Gasteiger partial charge in [-0.2, -0.15) is 0 Å². The van der Waals surface area contributed by atoms with Crippen molar-refractivity contribution in [2.75, 3.05) is 29.9 Å². The van der Waals surface area contributed by atoms with E-state index in [0.717, 1.165) is 31.6 Å². The molecule has 1 aromatic heterocycles. The Morgan fingerprint density at radius 1 is 1.12 bits per heavy atom. The monoisotopic (exact) mass is 330 g/mol. The number of piperidine rings is 1. The van der Waals surface area contributed by atoms with E-state index in [4.69, 9.17) is 5.73 Å². The van der Waals surface area contributed by atoms with Gasteiger partial charge in [-0.1, -0.05) is 19.3 Å². The lowest BCUT2D eigenvalue weighted by atomic mass is 9.71. The summed E-state index contributed by atoms with van der Waals surface area (Å²) in [5.41, 5.74) is 7.13. The Labute approximate surface area is 145 Å². The molecule has 1 amide bonds. The molecule has 3 rings (SSSR count). The first-order valence-electron chi connectivity index (χ1n) is 9.42. The first-order valence-corrected chi connectivity index (χ1v) is 9.42. The van der Waals surface area contributed by atoms with Crippen LogP contribution < -0.4 is 16.0 Å². The molecule has 5 nitrogen and oxygen atoms in total. The molecule has 2 fully saturated rings. The van der Waals surface area contributed by atoms with Gasteiger partial charge in [-0.05, 0) is 56.2 Å². The van der Waals surface area contributed by atoms with Crippen LogP contribution in [-0.4, -0.2) is 30.5 Å². The minimum atomic E-state index is -0.00389. The Bertz CT molecular complexity index is 531. The molecule has 1 aliphatic heterocycles. The lowest BCUT2D eigenvalue weighted by Crippen LogP contribution is -2.36. The van der Waals surface area contributed by atoms with Crippen molar-refractivity contribution in [2.24, 2.45) is 11.1 Å². The van der Waals surface area contributed by atoms with E-state index < -0.39 is 0 Å². The van der Waals surface area contributed by atoms with E-state index in [0.29, 0.717) is 18.8 Å². The summed E-state index contributed by atoms with van der Waals surface area (Å²) in [5, 5.41) is 2.95. The highest BCUT2D eigenvalue weighted by Crippen LogP contribution is 2.38. The Hall–Kier alpha value is -1.62. The summed E-state index contributed by atoms with van der Waals surface area (Å²) in [7, 11) is 0. The van der Waals surface area contributed by atoms with Gasteiger partial charge in [-0.15, -0.1) is 0 Å². The van der Waals surface area contributed by atoms with E-state index in [9.17, 15) is 4.79 Å². The van der Waals surface area contributed by atoms with Gasteiger partial charge in [0.2, 0.25) is 5.91 Å². The Balaban J connectivity index is 1.56. The van der Waals surface area contributed by atoms with E-state index in [1.807, 2.05) is 12.3 Å². The number of hydrogen-bond donors (Lipinski definition) is 2. The number of carbonyl (C=O) groups excluding carboxylic acids is 1. The number of anilines is 2. The average Bonchev–Trinajstić information content (AvgIpc) is 2.64. The molecule has 5 heteroatoms. The summed E-state index contributed by atoms with van der Waals surface area (Å²) in [6.45, 7) is 2.81. The van der Waals surface area contributed by atoms with Crippen LogP contribution in [0.5, 0.6) is 0 Å². The number of nitrogens with one attached hydrogen (secondary N) is 1. The molecule has 1 aromatic rings. The van der Waals surface area contributed by atoms with Crippen molar-refractivity contribution < 1.29 is 4.79 Å². The van der Waals surface area contributed by atoms with Gasteiger partial charge < -0.3 is 16.0 Å². The van der Waals surface area contributed by atoms with Crippen LogP contribution in [0.3, 0.4) is 0 Å². The molecule has 1 saturated carbocycles. The zero-order chi connectivity index (χ0) is 16.8. The van der Waals surface area contributed by atoms with Crippen molar-refractivity contribution >= 4 is 17.4 Å². The Morgan fingerprint density at radius 3 is 2.46 bits per heavy atom. The molecule has 1 saturated heterocycles. The molecule has 3 N–H and O–H groups in total. The van der Waals surface area contributed by atoms with Crippen LogP contribution >= 0.6 is 0 Å². The molecule has 0 unspecified atom stereocenters. The van der Waals surface area contributed by atoms with E-state index in [1.54, 1.807) is 0 Å². The van der Waals surface area contributed by atoms with Crippen molar-refractivity contribution in [3.05, 3.63) is 18.3 Å². The van der Waals surface area contributed by atoms with Gasteiger partial charge in [0, 0.05) is 19.5 Å². The molecule has 0 bridgehead atoms. The minimum absolute atomic E-state index is 0.00389. The molecule has 2 heterocycles. The summed E-state index contributed by atoms with van der Waals surface area (Å²) in [6.07, 6.45) is 12.0. The third kappa shape index (κ3) is 4.26. The number of carbonyl (C=O) groups is 1. The molecule has 0 radical (unpaired) electrons. The van der Waals surface area contributed by atoms with Crippen LogP contribution in [0.1, 0.15) is 57.8 Å². The number of amides is 1. The molecule has 0 spiro atoms. The summed E-state index contributed by atoms with van der Waals surface area (Å²) in [5.74, 6) is 0.685. The normalized spacial score (nSPS) is 20.6. The standard InChI is InChI=1S/C19H30N4O/c20-15-19(9-3-1-4-10-19)13-18(24)22-17-8-7-16(14-21-17)23-11-5-2-6-12-23/h7-8,14H,1-6,9-13,15,20H2,(H,21,22,24). The van der Waals surface area contributed by atoms with Crippen molar-refractivity contribution in [1.29, 1.82) is 0 Å². The van der Waals surface area contributed by atoms with Gasteiger partial charge in [0.05, 0.1) is 11.9 Å². The van der Waals surface area contributed by atoms with Crippen molar-refractivity contribution in [1.82, 2.24) is 4.98 Å². The maximum Gasteiger partial charge on any atom is 0.226 e. The molecule has 2 aliphatic rings. The molecule has 0 atom stereocenters. The largest absolute Gasteiger partial charge is 0.370 e. The highest BCUT2D eigenvalue weighted by molar-refractivity contribution is 5.90. The number of nitrogens with two attached hydrogens (primary N) is 1. The highest BCUT2D eigenvalue weighted by atomic mass is 16.1. The zero-order valence-corrected chi connectivity index (χ0v) is 14.6. The first-order chi connectivity index (χ1) is 11.7. The van der Waals surface area contributed by atoms with Crippen LogP contribution in [0.4, 0.5) is 11.5 Å². The minimum Gasteiger partial charge on any atom is -0.370 e. The highest BCUT2D eigenvalue weighted by Gasteiger charge is 2.33. The number of rotatable bonds is 5. The van der Waals surface area contributed by atoms with E-state index in [2.05, 4.69) is 21.3 Å². The van der Waals surface area contributed by atoms with E-state index in [-0.39, 0.29) is 11.3 Å². The quantitative estimate of drug-likeness (QED) is 0.869. The molecule has 132 valence electrons. The lowest BCUT2D eigenvalue weighted by molar-refractivity contribution is -0.118. The summed E-state index contributed by atoms with van der Waals surface area (Å²) < 4.78 is 0. The van der Waals surface area contributed by atoms with E-state index in [1.165, 1.54) is 38.5 Å². The fourth-order valence-corrected chi connectivity index (χ4v) is 4.08. The van der Waals surface area contributed by atoms with Crippen molar-refractivity contribution in [2.45, 2.75) is 57.8 Å². The smallest absolute Gasteiger partial charge is 0.226 e. The van der Waals surface area contributed by atoms with Gasteiger partial charge >= 0.3 is 0 Å². The van der Waals surface area contributed by atoms with Crippen LogP contribution in [0.15, 0.2) is 18.3 Å². The SMILES string of the molecule is NCC1(CC(=O)Nc2ccc(N3CCCCC3)cn2)CCCCC1. The fraction of sp³-hybridized carbons (Fsp3) is 0.684. The van der Waals surface area contributed by atoms with Gasteiger partial charge in [0.25, 0.3) is 0 Å². The summed E-state index contributed by atoms with van der Waals surface area (Å²) in [6, 6.07) is 3.98. The maximum atomic E-state index is 12.4. The Kier molecular flexibility index (Phi) is 5.72. The van der Waals surface area contributed by atoms with Crippen molar-refractivity contribution in [3.63, 3.8) is 0 Å². The second-order valence-corrected chi connectivity index (χ2v) is 7.44. The van der Waals surface area contributed by atoms with Gasteiger partial charge in [-0.3, -0.25) is 4.79 Å². The number of aromatic nitrogens is 1.